The molecule has 2 atom stereocenters. The third-order valence-electron chi connectivity index (χ3n) is 2.36. The number of ether oxygens (including phenoxy) is 1. The Balaban J connectivity index is 0.000000845. The van der Waals surface area contributed by atoms with E-state index in [1.165, 1.54) is 5.56 Å². The van der Waals surface area contributed by atoms with E-state index in [-0.39, 0.29) is 12.4 Å². The number of methoxy groups -OCH3 is 1. The van der Waals surface area contributed by atoms with Gasteiger partial charge in [-0.15, -0.1) is 12.4 Å². The molecule has 3 heteroatoms. The largest absolute Gasteiger partial charge is 0.497 e. The number of hydrogen-bond acceptors (Lipinski definition) is 2. The molecule has 13 heavy (non-hydrogen) atoms. The fraction of sp³-hybridized carbons (Fsp3) is 0.400. The van der Waals surface area contributed by atoms with Crippen molar-refractivity contribution in [2.45, 2.75) is 18.4 Å². The van der Waals surface area contributed by atoms with E-state index in [9.17, 15) is 0 Å². The molecule has 1 aliphatic rings. The molecule has 1 aromatic carbocycles. The second kappa shape index (κ2) is 3.99. The van der Waals surface area contributed by atoms with Gasteiger partial charge in [-0.25, -0.2) is 0 Å². The maximum atomic E-state index is 5.75. The summed E-state index contributed by atoms with van der Waals surface area (Å²) in [6.07, 6.45) is 1.12. The number of hydrogen-bond donors (Lipinski definition) is 1. The molecule has 0 spiro atoms. The van der Waals surface area contributed by atoms with Crippen LogP contribution in [0.2, 0.25) is 0 Å². The first-order chi connectivity index (χ1) is 5.81. The second-order valence-corrected chi connectivity index (χ2v) is 3.28. The standard InChI is InChI=1S/C10H13NO.ClH/c1-12-8-4-2-3-7(5-8)9-6-10(9)11;/h2-5,9-10H,6,11H2,1H3;1H. The van der Waals surface area contributed by atoms with Crippen molar-refractivity contribution in [3.8, 4) is 5.75 Å². The Morgan fingerprint density at radius 1 is 1.46 bits per heavy atom. The lowest BCUT2D eigenvalue weighted by Crippen LogP contribution is -2.00. The quantitative estimate of drug-likeness (QED) is 0.790. The van der Waals surface area contributed by atoms with Gasteiger partial charge in [-0.05, 0) is 24.1 Å². The fourth-order valence-electron chi connectivity index (χ4n) is 1.47. The minimum Gasteiger partial charge on any atom is -0.497 e. The molecule has 1 fully saturated rings. The molecular weight excluding hydrogens is 186 g/mol. The summed E-state index contributed by atoms with van der Waals surface area (Å²) >= 11 is 0. The molecule has 2 rings (SSSR count). The molecule has 0 radical (unpaired) electrons. The first kappa shape index (κ1) is 10.4. The van der Waals surface area contributed by atoms with Crippen LogP contribution in [0, 0.1) is 0 Å². The molecule has 0 aromatic heterocycles. The van der Waals surface area contributed by atoms with Crippen LogP contribution in [0.3, 0.4) is 0 Å². The molecule has 0 bridgehead atoms. The summed E-state index contributed by atoms with van der Waals surface area (Å²) in [7, 11) is 1.69. The van der Waals surface area contributed by atoms with E-state index in [1.54, 1.807) is 7.11 Å². The van der Waals surface area contributed by atoms with Gasteiger partial charge < -0.3 is 10.5 Å². The molecule has 1 aliphatic carbocycles. The van der Waals surface area contributed by atoms with Crippen LogP contribution < -0.4 is 10.5 Å². The number of benzene rings is 1. The monoisotopic (exact) mass is 199 g/mol. The van der Waals surface area contributed by atoms with Crippen LogP contribution in [0.15, 0.2) is 24.3 Å². The zero-order valence-corrected chi connectivity index (χ0v) is 8.38. The van der Waals surface area contributed by atoms with Crippen LogP contribution in [0.5, 0.6) is 5.75 Å². The van der Waals surface area contributed by atoms with Crippen LogP contribution in [0.4, 0.5) is 0 Å². The average Bonchev–Trinajstić information content (AvgIpc) is 2.83. The summed E-state index contributed by atoms with van der Waals surface area (Å²) in [5.41, 5.74) is 7.06. The summed E-state index contributed by atoms with van der Waals surface area (Å²) < 4.78 is 5.13. The zero-order valence-electron chi connectivity index (χ0n) is 7.57. The van der Waals surface area contributed by atoms with Crippen molar-refractivity contribution in [1.29, 1.82) is 0 Å². The Morgan fingerprint density at radius 2 is 2.15 bits per heavy atom. The maximum Gasteiger partial charge on any atom is 0.119 e. The molecule has 0 saturated heterocycles. The summed E-state index contributed by atoms with van der Waals surface area (Å²) in [5, 5.41) is 0. The Labute approximate surface area is 84.5 Å². The van der Waals surface area contributed by atoms with Crippen LogP contribution in [-0.2, 0) is 0 Å². The van der Waals surface area contributed by atoms with Gasteiger partial charge in [-0.3, -0.25) is 0 Å². The van der Waals surface area contributed by atoms with Gasteiger partial charge in [0, 0.05) is 12.0 Å². The SMILES string of the molecule is COc1cccc(C2CC2N)c1.Cl. The van der Waals surface area contributed by atoms with Crippen molar-refractivity contribution in [2.24, 2.45) is 5.73 Å². The minimum absolute atomic E-state index is 0. The molecular formula is C10H14ClNO. The lowest BCUT2D eigenvalue weighted by Gasteiger charge is -2.02. The van der Waals surface area contributed by atoms with Gasteiger partial charge in [0.2, 0.25) is 0 Å². The molecule has 72 valence electrons. The topological polar surface area (TPSA) is 35.2 Å². The van der Waals surface area contributed by atoms with Gasteiger partial charge in [0.15, 0.2) is 0 Å². The third kappa shape index (κ3) is 2.14. The summed E-state index contributed by atoms with van der Waals surface area (Å²) in [6, 6.07) is 8.52. The van der Waals surface area contributed by atoms with Gasteiger partial charge in [0.05, 0.1) is 7.11 Å². The van der Waals surface area contributed by atoms with Crippen LogP contribution in [0.25, 0.3) is 0 Å². The van der Waals surface area contributed by atoms with Crippen molar-refractivity contribution < 1.29 is 4.74 Å². The second-order valence-electron chi connectivity index (χ2n) is 3.28. The van der Waals surface area contributed by atoms with E-state index in [0.717, 1.165) is 12.2 Å². The van der Waals surface area contributed by atoms with Gasteiger partial charge in [-0.2, -0.15) is 0 Å². The van der Waals surface area contributed by atoms with Crippen molar-refractivity contribution in [2.75, 3.05) is 7.11 Å². The number of nitrogens with two attached hydrogens (primary N) is 1. The predicted molar refractivity (Wildman–Crippen MR) is 55.6 cm³/mol. The van der Waals surface area contributed by atoms with E-state index in [0.29, 0.717) is 12.0 Å². The Bertz CT molecular complexity index is 290. The minimum atomic E-state index is 0. The molecule has 1 aromatic rings. The number of halogens is 1. The van der Waals surface area contributed by atoms with E-state index >= 15 is 0 Å². The smallest absolute Gasteiger partial charge is 0.119 e. The zero-order chi connectivity index (χ0) is 8.55. The van der Waals surface area contributed by atoms with Gasteiger partial charge in [0.1, 0.15) is 5.75 Å². The molecule has 2 N–H and O–H groups in total. The first-order valence-corrected chi connectivity index (χ1v) is 4.21. The Hall–Kier alpha value is -0.730. The average molecular weight is 200 g/mol. The molecule has 0 aliphatic heterocycles. The third-order valence-corrected chi connectivity index (χ3v) is 2.36. The van der Waals surface area contributed by atoms with E-state index in [4.69, 9.17) is 10.5 Å². The van der Waals surface area contributed by atoms with E-state index < -0.39 is 0 Å². The first-order valence-electron chi connectivity index (χ1n) is 4.21. The maximum absolute atomic E-state index is 5.75. The molecule has 1 saturated carbocycles. The normalized spacial score (nSPS) is 24.8. The molecule has 2 nitrogen and oxygen atoms in total. The summed E-state index contributed by atoms with van der Waals surface area (Å²) in [4.78, 5) is 0. The fourth-order valence-corrected chi connectivity index (χ4v) is 1.47. The van der Waals surface area contributed by atoms with Crippen molar-refractivity contribution >= 4 is 12.4 Å². The lowest BCUT2D eigenvalue weighted by molar-refractivity contribution is 0.414. The highest BCUT2D eigenvalue weighted by molar-refractivity contribution is 5.85. The van der Waals surface area contributed by atoms with Crippen LogP contribution >= 0.6 is 12.4 Å². The summed E-state index contributed by atoms with van der Waals surface area (Å²) in [6.45, 7) is 0. The van der Waals surface area contributed by atoms with E-state index in [2.05, 4.69) is 12.1 Å². The van der Waals surface area contributed by atoms with Crippen LogP contribution in [-0.4, -0.2) is 13.2 Å². The molecule has 0 heterocycles. The molecule has 0 amide bonds. The van der Waals surface area contributed by atoms with Crippen molar-refractivity contribution in [3.63, 3.8) is 0 Å². The molecule has 2 unspecified atom stereocenters. The summed E-state index contributed by atoms with van der Waals surface area (Å²) in [5.74, 6) is 1.49. The number of rotatable bonds is 2. The lowest BCUT2D eigenvalue weighted by atomic mass is 10.1. The highest BCUT2D eigenvalue weighted by Gasteiger charge is 2.34. The predicted octanol–water partition coefficient (Wildman–Crippen LogP) is 1.93. The van der Waals surface area contributed by atoms with Gasteiger partial charge in [0.25, 0.3) is 0 Å². The van der Waals surface area contributed by atoms with E-state index in [1.807, 2.05) is 12.1 Å². The van der Waals surface area contributed by atoms with Crippen molar-refractivity contribution in [1.82, 2.24) is 0 Å². The van der Waals surface area contributed by atoms with Crippen LogP contribution in [0.1, 0.15) is 17.9 Å². The van der Waals surface area contributed by atoms with Gasteiger partial charge >= 0.3 is 0 Å². The highest BCUT2D eigenvalue weighted by Crippen LogP contribution is 2.39. The highest BCUT2D eigenvalue weighted by atomic mass is 35.5. The Morgan fingerprint density at radius 3 is 2.69 bits per heavy atom. The van der Waals surface area contributed by atoms with Gasteiger partial charge in [-0.1, -0.05) is 12.1 Å². The Kier molecular flexibility index (Phi) is 3.17. The van der Waals surface area contributed by atoms with Crippen molar-refractivity contribution in [3.05, 3.63) is 29.8 Å².